The quantitative estimate of drug-likeness (QED) is 0.600. The number of ketones is 1. The molecule has 0 aliphatic carbocycles. The third kappa shape index (κ3) is 3.66. The predicted molar refractivity (Wildman–Crippen MR) is 79.3 cm³/mol. The average molecular weight is 338 g/mol. The highest BCUT2D eigenvalue weighted by molar-refractivity contribution is 9.09. The van der Waals surface area contributed by atoms with Crippen molar-refractivity contribution in [1.29, 1.82) is 0 Å². The second kappa shape index (κ2) is 6.65. The molecule has 5 nitrogen and oxygen atoms in total. The van der Waals surface area contributed by atoms with Gasteiger partial charge in [-0.3, -0.25) is 4.79 Å². The molecule has 0 radical (unpaired) electrons. The van der Waals surface area contributed by atoms with Crippen LogP contribution in [0.25, 0.3) is 0 Å². The number of ether oxygens (including phenoxy) is 1. The van der Waals surface area contributed by atoms with E-state index < -0.39 is 0 Å². The molecule has 1 unspecified atom stereocenters. The molecular weight excluding hydrogens is 322 g/mol. The molecule has 1 aromatic carbocycles. The molecule has 0 bridgehead atoms. The summed E-state index contributed by atoms with van der Waals surface area (Å²) < 4.78 is 7.38. The van der Waals surface area contributed by atoms with E-state index in [4.69, 9.17) is 4.74 Å². The van der Waals surface area contributed by atoms with E-state index in [1.54, 1.807) is 16.8 Å². The van der Waals surface area contributed by atoms with Crippen molar-refractivity contribution < 1.29 is 9.53 Å². The van der Waals surface area contributed by atoms with Gasteiger partial charge in [-0.25, -0.2) is 4.68 Å². The van der Waals surface area contributed by atoms with Gasteiger partial charge in [0, 0.05) is 6.20 Å². The molecule has 0 spiro atoms. The molecule has 2 aromatic rings. The molecule has 0 aliphatic heterocycles. The number of hydrogen-bond donors (Lipinski definition) is 0. The van der Waals surface area contributed by atoms with Gasteiger partial charge in [-0.05, 0) is 26.0 Å². The van der Waals surface area contributed by atoms with Gasteiger partial charge < -0.3 is 4.74 Å². The van der Waals surface area contributed by atoms with Crippen LogP contribution >= 0.6 is 15.9 Å². The maximum atomic E-state index is 11.5. The Hall–Kier alpha value is -1.69. The largest absolute Gasteiger partial charge is 0.491 e. The number of rotatable bonds is 6. The normalized spacial score (nSPS) is 12.2. The first-order valence-electron chi connectivity index (χ1n) is 6.35. The fourth-order valence-electron chi connectivity index (χ4n) is 1.74. The lowest BCUT2D eigenvalue weighted by Crippen LogP contribution is -2.10. The van der Waals surface area contributed by atoms with Crippen molar-refractivity contribution in [3.05, 3.63) is 41.7 Å². The Morgan fingerprint density at radius 2 is 2.20 bits per heavy atom. The third-order valence-corrected chi connectivity index (χ3v) is 3.28. The molecule has 0 amide bonds. The molecule has 0 saturated heterocycles. The number of carbonyl (C=O) groups is 1. The van der Waals surface area contributed by atoms with E-state index in [9.17, 15) is 4.79 Å². The van der Waals surface area contributed by atoms with Crippen molar-refractivity contribution in [3.63, 3.8) is 0 Å². The number of benzene rings is 1. The minimum absolute atomic E-state index is 0.00300. The van der Waals surface area contributed by atoms with Crippen LogP contribution in [0.1, 0.15) is 34.7 Å². The monoisotopic (exact) mass is 337 g/mol. The van der Waals surface area contributed by atoms with E-state index >= 15 is 0 Å². The second-order valence-electron chi connectivity index (χ2n) is 4.42. The van der Waals surface area contributed by atoms with Crippen LogP contribution in [0.4, 0.5) is 0 Å². The number of hydrogen-bond acceptors (Lipinski definition) is 4. The lowest BCUT2D eigenvalue weighted by atomic mass is 10.1. The molecule has 2 rings (SSSR count). The Kier molecular flexibility index (Phi) is 4.89. The van der Waals surface area contributed by atoms with E-state index in [0.717, 1.165) is 5.69 Å². The summed E-state index contributed by atoms with van der Waals surface area (Å²) >= 11 is 3.44. The fourth-order valence-corrected chi connectivity index (χ4v) is 1.95. The molecule has 20 heavy (non-hydrogen) atoms. The summed E-state index contributed by atoms with van der Waals surface area (Å²) in [4.78, 5) is 11.6. The summed E-state index contributed by atoms with van der Waals surface area (Å²) in [7, 11) is 0. The smallest absolute Gasteiger partial charge is 0.163 e. The number of halogens is 1. The first-order valence-corrected chi connectivity index (χ1v) is 7.26. The van der Waals surface area contributed by atoms with Crippen molar-refractivity contribution in [1.82, 2.24) is 15.0 Å². The van der Waals surface area contributed by atoms with Gasteiger partial charge in [0.25, 0.3) is 0 Å². The highest BCUT2D eigenvalue weighted by Crippen LogP contribution is 2.19. The zero-order valence-corrected chi connectivity index (χ0v) is 13.0. The fraction of sp³-hybridized carbons (Fsp3) is 0.357. The van der Waals surface area contributed by atoms with Crippen LogP contribution in [0, 0.1) is 0 Å². The zero-order valence-electron chi connectivity index (χ0n) is 11.4. The molecule has 6 heteroatoms. The Morgan fingerprint density at radius 3 is 2.85 bits per heavy atom. The van der Waals surface area contributed by atoms with Gasteiger partial charge >= 0.3 is 0 Å². The highest BCUT2D eigenvalue weighted by Gasteiger charge is 2.08. The van der Waals surface area contributed by atoms with E-state index in [2.05, 4.69) is 26.2 Å². The van der Waals surface area contributed by atoms with Gasteiger partial charge in [-0.1, -0.05) is 33.3 Å². The van der Waals surface area contributed by atoms with Gasteiger partial charge in [0.1, 0.15) is 12.4 Å². The topological polar surface area (TPSA) is 57.0 Å². The summed E-state index contributed by atoms with van der Waals surface area (Å²) in [6.45, 7) is 4.54. The number of para-hydroxylation sites is 1. The van der Waals surface area contributed by atoms with E-state index in [1.165, 1.54) is 6.92 Å². The van der Waals surface area contributed by atoms with Crippen LogP contribution in [0.2, 0.25) is 0 Å². The lowest BCUT2D eigenvalue weighted by Gasteiger charge is -2.09. The standard InChI is InChI=1S/C14H16BrN3O2/c1-10(15)13-9-18(17-16-13)7-8-20-14-6-4-3-5-12(14)11(2)19/h3-6,9-10H,7-8H2,1-2H3. The second-order valence-corrected chi connectivity index (χ2v) is 5.80. The molecule has 0 N–H and O–H groups in total. The molecule has 1 aromatic heterocycles. The van der Waals surface area contributed by atoms with Crippen molar-refractivity contribution >= 4 is 21.7 Å². The van der Waals surface area contributed by atoms with Crippen molar-refractivity contribution in [2.75, 3.05) is 6.61 Å². The molecule has 0 fully saturated rings. The van der Waals surface area contributed by atoms with Crippen molar-refractivity contribution in [2.45, 2.75) is 25.2 Å². The molecule has 1 heterocycles. The Bertz CT molecular complexity index is 596. The lowest BCUT2D eigenvalue weighted by molar-refractivity contribution is 0.101. The maximum absolute atomic E-state index is 11.5. The van der Waals surface area contributed by atoms with Crippen LogP contribution in [0.15, 0.2) is 30.5 Å². The summed E-state index contributed by atoms with van der Waals surface area (Å²) in [5, 5.41) is 8.06. The minimum Gasteiger partial charge on any atom is -0.491 e. The SMILES string of the molecule is CC(=O)c1ccccc1OCCn1cc(C(C)Br)nn1. The molecule has 1 atom stereocenters. The van der Waals surface area contributed by atoms with Crippen LogP contribution < -0.4 is 4.74 Å². The number of nitrogens with zero attached hydrogens (tertiary/aromatic N) is 3. The van der Waals surface area contributed by atoms with E-state index in [0.29, 0.717) is 24.5 Å². The number of alkyl halides is 1. The minimum atomic E-state index is -0.00300. The van der Waals surface area contributed by atoms with Crippen LogP contribution in [-0.4, -0.2) is 27.4 Å². The van der Waals surface area contributed by atoms with Crippen molar-refractivity contribution in [3.8, 4) is 5.75 Å². The van der Waals surface area contributed by atoms with Crippen LogP contribution in [0.5, 0.6) is 5.75 Å². The van der Waals surface area contributed by atoms with Gasteiger partial charge in [0.05, 0.1) is 22.6 Å². The Labute approximate surface area is 126 Å². The summed E-state index contributed by atoms with van der Waals surface area (Å²) in [6, 6.07) is 7.23. The van der Waals surface area contributed by atoms with Gasteiger partial charge in [-0.15, -0.1) is 5.10 Å². The van der Waals surface area contributed by atoms with Crippen LogP contribution in [0.3, 0.4) is 0 Å². The Morgan fingerprint density at radius 1 is 1.45 bits per heavy atom. The van der Waals surface area contributed by atoms with Gasteiger partial charge in [-0.2, -0.15) is 0 Å². The first kappa shape index (κ1) is 14.7. The molecular formula is C14H16BrN3O2. The molecule has 0 aliphatic rings. The zero-order chi connectivity index (χ0) is 14.5. The number of aromatic nitrogens is 3. The summed E-state index contributed by atoms with van der Waals surface area (Å²) in [5.74, 6) is 0.603. The molecule has 106 valence electrons. The number of Topliss-reactive ketones (excluding diaryl/α,β-unsaturated/α-hetero) is 1. The van der Waals surface area contributed by atoms with Crippen LogP contribution in [-0.2, 0) is 6.54 Å². The van der Waals surface area contributed by atoms with Gasteiger partial charge in [0.2, 0.25) is 0 Å². The van der Waals surface area contributed by atoms with Gasteiger partial charge in [0.15, 0.2) is 5.78 Å². The highest BCUT2D eigenvalue weighted by atomic mass is 79.9. The summed E-state index contributed by atoms with van der Waals surface area (Å²) in [5.41, 5.74) is 1.48. The Balaban J connectivity index is 1.94. The maximum Gasteiger partial charge on any atom is 0.163 e. The predicted octanol–water partition coefficient (Wildman–Crippen LogP) is 3.02. The number of carbonyl (C=O) groups excluding carboxylic acids is 1. The summed E-state index contributed by atoms with van der Waals surface area (Å²) in [6.07, 6.45) is 1.87. The third-order valence-electron chi connectivity index (χ3n) is 2.81. The van der Waals surface area contributed by atoms with E-state index in [-0.39, 0.29) is 10.6 Å². The van der Waals surface area contributed by atoms with Crippen molar-refractivity contribution in [2.24, 2.45) is 0 Å². The van der Waals surface area contributed by atoms with E-state index in [1.807, 2.05) is 25.3 Å². The molecule has 0 saturated carbocycles. The average Bonchev–Trinajstić information content (AvgIpc) is 2.88. The first-order chi connectivity index (χ1) is 9.58.